The maximum atomic E-state index is 12.6. The van der Waals surface area contributed by atoms with Gasteiger partial charge in [0.05, 0.1) is 23.0 Å². The highest BCUT2D eigenvalue weighted by Gasteiger charge is 2.19. The third kappa shape index (κ3) is 3.98. The lowest BCUT2D eigenvalue weighted by atomic mass is 10.1. The quantitative estimate of drug-likeness (QED) is 0.934. The number of likely N-dealkylation sites (N-methyl/N-ethyl adjacent to an activating group) is 1. The second kappa shape index (κ2) is 7.82. The van der Waals surface area contributed by atoms with Crippen LogP contribution in [-0.4, -0.2) is 43.5 Å². The Morgan fingerprint density at radius 2 is 1.88 bits per heavy atom. The number of nitrogens with one attached hydrogen (secondary N) is 1. The van der Waals surface area contributed by atoms with Crippen LogP contribution in [0.2, 0.25) is 0 Å². The van der Waals surface area contributed by atoms with Crippen molar-refractivity contribution in [1.82, 2.24) is 4.90 Å². The van der Waals surface area contributed by atoms with E-state index in [2.05, 4.69) is 28.1 Å². The first-order valence-electron chi connectivity index (χ1n) is 8.59. The lowest BCUT2D eigenvalue weighted by Gasteiger charge is -2.36. The summed E-state index contributed by atoms with van der Waals surface area (Å²) in [6.45, 7) is 7.21. The van der Waals surface area contributed by atoms with Crippen LogP contribution in [0.4, 0.5) is 11.4 Å². The average molecular weight is 334 g/mol. The molecule has 1 saturated heterocycles. The Hall–Kier alpha value is -2.84. The number of nitrogens with zero attached hydrogens (tertiary/aromatic N) is 3. The van der Waals surface area contributed by atoms with Crippen LogP contribution in [0.15, 0.2) is 48.5 Å². The van der Waals surface area contributed by atoms with Crippen molar-refractivity contribution in [3.8, 4) is 6.07 Å². The number of hydrogen-bond acceptors (Lipinski definition) is 4. The zero-order valence-corrected chi connectivity index (χ0v) is 14.4. The topological polar surface area (TPSA) is 59.4 Å². The molecule has 0 spiro atoms. The van der Waals surface area contributed by atoms with Gasteiger partial charge in [0.2, 0.25) is 0 Å². The summed E-state index contributed by atoms with van der Waals surface area (Å²) >= 11 is 0. The third-order valence-electron chi connectivity index (χ3n) is 4.57. The van der Waals surface area contributed by atoms with Crippen LogP contribution in [0.1, 0.15) is 22.8 Å². The number of piperazine rings is 1. The average Bonchev–Trinajstić information content (AvgIpc) is 2.68. The molecule has 0 radical (unpaired) electrons. The first kappa shape index (κ1) is 17.0. The van der Waals surface area contributed by atoms with Gasteiger partial charge < -0.3 is 15.1 Å². The third-order valence-corrected chi connectivity index (χ3v) is 4.57. The predicted octanol–water partition coefficient (Wildman–Crippen LogP) is 2.95. The molecule has 3 rings (SSSR count). The monoisotopic (exact) mass is 334 g/mol. The van der Waals surface area contributed by atoms with Crippen molar-refractivity contribution in [2.75, 3.05) is 42.9 Å². The smallest absolute Gasteiger partial charge is 0.255 e. The summed E-state index contributed by atoms with van der Waals surface area (Å²) in [6.07, 6.45) is 0. The van der Waals surface area contributed by atoms with Crippen LogP contribution in [0.5, 0.6) is 0 Å². The fraction of sp³-hybridized carbons (Fsp3) is 0.300. The van der Waals surface area contributed by atoms with Crippen LogP contribution in [0, 0.1) is 11.3 Å². The Morgan fingerprint density at radius 1 is 1.12 bits per heavy atom. The number of nitriles is 1. The molecule has 1 heterocycles. The summed E-state index contributed by atoms with van der Waals surface area (Å²) in [4.78, 5) is 17.3. The second-order valence-corrected chi connectivity index (χ2v) is 6.09. The number of amides is 1. The second-order valence-electron chi connectivity index (χ2n) is 6.09. The normalized spacial score (nSPS) is 14.8. The molecule has 2 aromatic rings. The molecule has 1 N–H and O–H groups in total. The molecule has 25 heavy (non-hydrogen) atoms. The van der Waals surface area contributed by atoms with Crippen LogP contribution in [-0.2, 0) is 0 Å². The standard InChI is InChI=1S/C20H22N4O/c1-2-23-10-12-24(13-11-23)19-9-4-3-8-18(19)22-20(25)17-7-5-6-16(14-17)15-21/h3-9,14H,2,10-13H2,1H3,(H,22,25). The Balaban J connectivity index is 1.77. The summed E-state index contributed by atoms with van der Waals surface area (Å²) in [6, 6.07) is 16.7. The highest BCUT2D eigenvalue weighted by molar-refractivity contribution is 6.06. The van der Waals surface area contributed by atoms with E-state index in [0.717, 1.165) is 44.1 Å². The number of hydrogen-bond donors (Lipinski definition) is 1. The van der Waals surface area contributed by atoms with E-state index < -0.39 is 0 Å². The zero-order chi connectivity index (χ0) is 17.6. The van der Waals surface area contributed by atoms with E-state index >= 15 is 0 Å². The van der Waals surface area contributed by atoms with Crippen LogP contribution >= 0.6 is 0 Å². The molecule has 0 saturated carbocycles. The highest BCUT2D eigenvalue weighted by atomic mass is 16.1. The Morgan fingerprint density at radius 3 is 2.60 bits per heavy atom. The molecule has 5 nitrogen and oxygen atoms in total. The number of carbonyl (C=O) groups excluding carboxylic acids is 1. The van der Waals surface area contributed by atoms with Gasteiger partial charge in [0.25, 0.3) is 5.91 Å². The van der Waals surface area contributed by atoms with E-state index in [1.807, 2.05) is 24.3 Å². The SMILES string of the molecule is CCN1CCN(c2ccccc2NC(=O)c2cccc(C#N)c2)CC1. The molecule has 0 bridgehead atoms. The first-order chi connectivity index (χ1) is 12.2. The Labute approximate surface area is 148 Å². The zero-order valence-electron chi connectivity index (χ0n) is 14.4. The fourth-order valence-electron chi connectivity index (χ4n) is 3.08. The van der Waals surface area contributed by atoms with E-state index in [1.54, 1.807) is 24.3 Å². The van der Waals surface area contributed by atoms with Crippen LogP contribution < -0.4 is 10.2 Å². The molecule has 0 atom stereocenters. The van der Waals surface area contributed by atoms with Gasteiger partial charge >= 0.3 is 0 Å². The van der Waals surface area contributed by atoms with E-state index in [1.165, 1.54) is 0 Å². The molecule has 1 aliphatic heterocycles. The van der Waals surface area contributed by atoms with Crippen molar-refractivity contribution in [3.05, 3.63) is 59.7 Å². The minimum absolute atomic E-state index is 0.197. The fourth-order valence-corrected chi connectivity index (χ4v) is 3.08. The van der Waals surface area contributed by atoms with E-state index in [-0.39, 0.29) is 5.91 Å². The van der Waals surface area contributed by atoms with Gasteiger partial charge in [0, 0.05) is 31.7 Å². The van der Waals surface area contributed by atoms with Gasteiger partial charge in [-0.05, 0) is 36.9 Å². The number of para-hydroxylation sites is 2. The van der Waals surface area contributed by atoms with E-state index in [0.29, 0.717) is 11.1 Å². The molecule has 2 aromatic carbocycles. The summed E-state index contributed by atoms with van der Waals surface area (Å²) in [5.74, 6) is -0.197. The molecular weight excluding hydrogens is 312 g/mol. The van der Waals surface area contributed by atoms with Crippen LogP contribution in [0.25, 0.3) is 0 Å². The molecular formula is C20H22N4O. The van der Waals surface area contributed by atoms with Crippen molar-refractivity contribution < 1.29 is 4.79 Å². The summed E-state index contributed by atoms with van der Waals surface area (Å²) < 4.78 is 0. The number of anilines is 2. The maximum Gasteiger partial charge on any atom is 0.255 e. The molecule has 0 unspecified atom stereocenters. The summed E-state index contributed by atoms with van der Waals surface area (Å²) in [5.41, 5.74) is 2.82. The number of rotatable bonds is 4. The number of carbonyl (C=O) groups is 1. The summed E-state index contributed by atoms with van der Waals surface area (Å²) in [5, 5.41) is 12.0. The van der Waals surface area contributed by atoms with Gasteiger partial charge in [-0.2, -0.15) is 5.26 Å². The van der Waals surface area contributed by atoms with Gasteiger partial charge in [-0.25, -0.2) is 0 Å². The molecule has 0 aliphatic carbocycles. The van der Waals surface area contributed by atoms with Gasteiger partial charge in [0.1, 0.15) is 0 Å². The van der Waals surface area contributed by atoms with Crippen molar-refractivity contribution >= 4 is 17.3 Å². The molecule has 1 fully saturated rings. The first-order valence-corrected chi connectivity index (χ1v) is 8.59. The molecule has 128 valence electrons. The summed E-state index contributed by atoms with van der Waals surface area (Å²) in [7, 11) is 0. The molecule has 5 heteroatoms. The molecule has 0 aromatic heterocycles. The van der Waals surface area contributed by atoms with Crippen molar-refractivity contribution in [2.24, 2.45) is 0 Å². The predicted molar refractivity (Wildman–Crippen MR) is 99.9 cm³/mol. The molecule has 1 amide bonds. The van der Waals surface area contributed by atoms with Crippen molar-refractivity contribution in [1.29, 1.82) is 5.26 Å². The minimum Gasteiger partial charge on any atom is -0.367 e. The van der Waals surface area contributed by atoms with Crippen molar-refractivity contribution in [3.63, 3.8) is 0 Å². The van der Waals surface area contributed by atoms with Crippen LogP contribution in [0.3, 0.4) is 0 Å². The van der Waals surface area contributed by atoms with Gasteiger partial charge in [-0.1, -0.05) is 25.1 Å². The lowest BCUT2D eigenvalue weighted by Crippen LogP contribution is -2.46. The maximum absolute atomic E-state index is 12.6. The van der Waals surface area contributed by atoms with Gasteiger partial charge in [-0.3, -0.25) is 4.79 Å². The Bertz CT molecular complexity index is 788. The Kier molecular flexibility index (Phi) is 5.32. The number of benzene rings is 2. The van der Waals surface area contributed by atoms with Crippen molar-refractivity contribution in [2.45, 2.75) is 6.92 Å². The minimum atomic E-state index is -0.197. The molecule has 1 aliphatic rings. The van der Waals surface area contributed by atoms with Gasteiger partial charge in [0.15, 0.2) is 0 Å². The van der Waals surface area contributed by atoms with Gasteiger partial charge in [-0.15, -0.1) is 0 Å². The lowest BCUT2D eigenvalue weighted by molar-refractivity contribution is 0.102. The van der Waals surface area contributed by atoms with E-state index in [4.69, 9.17) is 5.26 Å². The highest BCUT2D eigenvalue weighted by Crippen LogP contribution is 2.27. The van der Waals surface area contributed by atoms with E-state index in [9.17, 15) is 4.79 Å². The largest absolute Gasteiger partial charge is 0.367 e.